The molecule has 0 aromatic heterocycles. The van der Waals surface area contributed by atoms with Gasteiger partial charge in [-0.15, -0.1) is 0 Å². The number of carbonyl (C=O) groups excluding carboxylic acids is 1. The first-order valence-corrected chi connectivity index (χ1v) is 7.67. The highest BCUT2D eigenvalue weighted by Crippen LogP contribution is 2.25. The number of anilines is 3. The van der Waals surface area contributed by atoms with Crippen LogP contribution in [0.3, 0.4) is 0 Å². The molecule has 0 aliphatic heterocycles. The molecule has 120 valence electrons. The molecular weight excluding hydrogens is 300 g/mol. The van der Waals surface area contributed by atoms with E-state index >= 15 is 0 Å². The molecule has 0 saturated heterocycles. The first kappa shape index (κ1) is 15.6. The minimum absolute atomic E-state index is 0.499. The Hall–Kier alpha value is -3.27. The Morgan fingerprint density at radius 2 is 1.42 bits per heavy atom. The van der Waals surface area contributed by atoms with Crippen LogP contribution in [0.5, 0.6) is 5.75 Å². The minimum Gasteiger partial charge on any atom is -0.410 e. The van der Waals surface area contributed by atoms with Gasteiger partial charge in [-0.2, -0.15) is 0 Å². The summed E-state index contributed by atoms with van der Waals surface area (Å²) in [6, 6.07) is 24.5. The number of hydrogen-bond acceptors (Lipinski definition) is 3. The van der Waals surface area contributed by atoms with E-state index in [1.807, 2.05) is 73.7 Å². The molecule has 3 aromatic rings. The number of amides is 1. The predicted octanol–water partition coefficient (Wildman–Crippen LogP) is 5.35. The molecule has 24 heavy (non-hydrogen) atoms. The average Bonchev–Trinajstić information content (AvgIpc) is 2.59. The molecule has 0 heterocycles. The smallest absolute Gasteiger partial charge is 0.410 e. The van der Waals surface area contributed by atoms with Gasteiger partial charge < -0.3 is 10.1 Å². The Kier molecular flexibility index (Phi) is 4.77. The zero-order valence-corrected chi connectivity index (χ0v) is 13.3. The van der Waals surface area contributed by atoms with Gasteiger partial charge in [-0.05, 0) is 43.3 Å². The molecule has 4 nitrogen and oxygen atoms in total. The molecule has 0 spiro atoms. The highest BCUT2D eigenvalue weighted by molar-refractivity contribution is 5.91. The second-order valence-electron chi connectivity index (χ2n) is 5.36. The quantitative estimate of drug-likeness (QED) is 0.682. The van der Waals surface area contributed by atoms with Crippen LogP contribution in [0.15, 0.2) is 78.9 Å². The summed E-state index contributed by atoms with van der Waals surface area (Å²) in [6.07, 6.45) is -0.528. The maximum Gasteiger partial charge on any atom is 0.417 e. The van der Waals surface area contributed by atoms with E-state index in [2.05, 4.69) is 10.6 Å². The van der Waals surface area contributed by atoms with Gasteiger partial charge >= 0.3 is 6.09 Å². The lowest BCUT2D eigenvalue weighted by molar-refractivity contribution is 0.215. The highest BCUT2D eigenvalue weighted by Gasteiger charge is 2.08. The van der Waals surface area contributed by atoms with Crippen LogP contribution in [-0.4, -0.2) is 6.09 Å². The van der Waals surface area contributed by atoms with Gasteiger partial charge in [0.1, 0.15) is 5.75 Å². The zero-order chi connectivity index (χ0) is 16.8. The van der Waals surface area contributed by atoms with Gasteiger partial charge in [0, 0.05) is 5.69 Å². The van der Waals surface area contributed by atoms with Crippen molar-refractivity contribution in [2.45, 2.75) is 6.92 Å². The average molecular weight is 318 g/mol. The Morgan fingerprint density at radius 1 is 0.792 bits per heavy atom. The van der Waals surface area contributed by atoms with E-state index in [4.69, 9.17) is 4.74 Å². The first-order chi connectivity index (χ1) is 11.7. The molecule has 3 rings (SSSR count). The fourth-order valence-electron chi connectivity index (χ4n) is 2.22. The minimum atomic E-state index is -0.528. The van der Waals surface area contributed by atoms with Gasteiger partial charge in [-0.3, -0.25) is 5.32 Å². The van der Waals surface area contributed by atoms with Crippen LogP contribution < -0.4 is 15.4 Å². The summed E-state index contributed by atoms with van der Waals surface area (Å²) in [5.41, 5.74) is 3.59. The normalized spacial score (nSPS) is 10.0. The Bertz CT molecular complexity index is 815. The Balaban J connectivity index is 1.71. The topological polar surface area (TPSA) is 50.4 Å². The molecule has 4 heteroatoms. The molecule has 0 aliphatic rings. The molecule has 1 amide bonds. The third-order valence-electron chi connectivity index (χ3n) is 3.45. The van der Waals surface area contributed by atoms with E-state index in [1.54, 1.807) is 12.1 Å². The lowest BCUT2D eigenvalue weighted by atomic mass is 10.2. The highest BCUT2D eigenvalue weighted by atomic mass is 16.6. The van der Waals surface area contributed by atoms with Gasteiger partial charge in [0.25, 0.3) is 0 Å². The molecule has 0 fully saturated rings. The van der Waals surface area contributed by atoms with E-state index < -0.39 is 6.09 Å². The summed E-state index contributed by atoms with van der Waals surface area (Å²) >= 11 is 0. The van der Waals surface area contributed by atoms with Crippen molar-refractivity contribution in [1.29, 1.82) is 0 Å². The monoisotopic (exact) mass is 318 g/mol. The van der Waals surface area contributed by atoms with Crippen molar-refractivity contribution in [2.24, 2.45) is 0 Å². The SMILES string of the molecule is Cc1ccc(Nc2ccccc2NC(=O)Oc2ccccc2)cc1. The van der Waals surface area contributed by atoms with E-state index in [0.29, 0.717) is 11.4 Å². The number of ether oxygens (including phenoxy) is 1. The molecule has 0 radical (unpaired) electrons. The Labute approximate surface area is 141 Å². The second kappa shape index (κ2) is 7.33. The summed E-state index contributed by atoms with van der Waals surface area (Å²) in [5.74, 6) is 0.499. The van der Waals surface area contributed by atoms with Crippen LogP contribution in [0.25, 0.3) is 0 Å². The summed E-state index contributed by atoms with van der Waals surface area (Å²) in [4.78, 5) is 12.1. The van der Waals surface area contributed by atoms with Gasteiger partial charge in [0.15, 0.2) is 0 Å². The van der Waals surface area contributed by atoms with Crippen LogP contribution in [0.2, 0.25) is 0 Å². The second-order valence-corrected chi connectivity index (χ2v) is 5.36. The fraction of sp³-hybridized carbons (Fsp3) is 0.0500. The van der Waals surface area contributed by atoms with Crippen molar-refractivity contribution >= 4 is 23.2 Å². The number of para-hydroxylation sites is 3. The molecule has 0 aliphatic carbocycles. The summed E-state index contributed by atoms with van der Waals surface area (Å²) < 4.78 is 5.26. The van der Waals surface area contributed by atoms with Crippen molar-refractivity contribution in [2.75, 3.05) is 10.6 Å². The van der Waals surface area contributed by atoms with Crippen LogP contribution >= 0.6 is 0 Å². The van der Waals surface area contributed by atoms with Crippen LogP contribution in [0.4, 0.5) is 21.9 Å². The molecular formula is C20H18N2O2. The third kappa shape index (κ3) is 4.14. The number of carbonyl (C=O) groups is 1. The standard InChI is InChI=1S/C20H18N2O2/c1-15-11-13-16(14-12-15)21-18-9-5-6-10-19(18)22-20(23)24-17-7-3-2-4-8-17/h2-14,21H,1H3,(H,22,23). The summed E-state index contributed by atoms with van der Waals surface area (Å²) in [7, 11) is 0. The van der Waals surface area contributed by atoms with Gasteiger partial charge in [0.05, 0.1) is 11.4 Å². The molecule has 0 atom stereocenters. The maximum atomic E-state index is 12.1. The van der Waals surface area contributed by atoms with E-state index in [1.165, 1.54) is 5.56 Å². The molecule has 0 unspecified atom stereocenters. The largest absolute Gasteiger partial charge is 0.417 e. The Morgan fingerprint density at radius 3 is 2.12 bits per heavy atom. The fourth-order valence-corrected chi connectivity index (χ4v) is 2.22. The number of nitrogens with one attached hydrogen (secondary N) is 2. The number of hydrogen-bond donors (Lipinski definition) is 2. The van der Waals surface area contributed by atoms with E-state index in [0.717, 1.165) is 11.4 Å². The predicted molar refractivity (Wildman–Crippen MR) is 97.0 cm³/mol. The molecule has 0 bridgehead atoms. The summed E-state index contributed by atoms with van der Waals surface area (Å²) in [6.45, 7) is 2.04. The van der Waals surface area contributed by atoms with Gasteiger partial charge in [-0.25, -0.2) is 4.79 Å². The lowest BCUT2D eigenvalue weighted by Gasteiger charge is -2.13. The zero-order valence-electron chi connectivity index (χ0n) is 13.3. The van der Waals surface area contributed by atoms with Gasteiger partial charge in [-0.1, -0.05) is 48.0 Å². The molecule has 2 N–H and O–H groups in total. The van der Waals surface area contributed by atoms with Crippen molar-refractivity contribution in [3.63, 3.8) is 0 Å². The lowest BCUT2D eigenvalue weighted by Crippen LogP contribution is -2.17. The number of benzene rings is 3. The van der Waals surface area contributed by atoms with Crippen LogP contribution in [0.1, 0.15) is 5.56 Å². The van der Waals surface area contributed by atoms with Crippen molar-refractivity contribution in [3.8, 4) is 5.75 Å². The molecule has 0 saturated carbocycles. The van der Waals surface area contributed by atoms with Crippen molar-refractivity contribution in [3.05, 3.63) is 84.4 Å². The van der Waals surface area contributed by atoms with Crippen molar-refractivity contribution in [1.82, 2.24) is 0 Å². The van der Waals surface area contributed by atoms with Gasteiger partial charge in [0.2, 0.25) is 0 Å². The third-order valence-corrected chi connectivity index (χ3v) is 3.45. The molecule has 3 aromatic carbocycles. The van der Waals surface area contributed by atoms with E-state index in [-0.39, 0.29) is 0 Å². The number of rotatable bonds is 4. The van der Waals surface area contributed by atoms with Crippen LogP contribution in [-0.2, 0) is 0 Å². The number of aryl methyl sites for hydroxylation is 1. The maximum absolute atomic E-state index is 12.1. The summed E-state index contributed by atoms with van der Waals surface area (Å²) in [5, 5.41) is 6.07. The van der Waals surface area contributed by atoms with E-state index in [9.17, 15) is 4.79 Å². The first-order valence-electron chi connectivity index (χ1n) is 7.67. The van der Waals surface area contributed by atoms with Crippen LogP contribution in [0, 0.1) is 6.92 Å². The van der Waals surface area contributed by atoms with Crippen molar-refractivity contribution < 1.29 is 9.53 Å².